The van der Waals surface area contributed by atoms with E-state index in [4.69, 9.17) is 9.47 Å². The van der Waals surface area contributed by atoms with E-state index in [-0.39, 0.29) is 18.4 Å². The lowest BCUT2D eigenvalue weighted by atomic mass is 9.88. The molecule has 0 aromatic heterocycles. The van der Waals surface area contributed by atoms with Gasteiger partial charge in [0.25, 0.3) is 0 Å². The Balaban J connectivity index is 1.93. The monoisotopic (exact) mass is 308 g/mol. The Morgan fingerprint density at radius 3 is 2.36 bits per heavy atom. The van der Waals surface area contributed by atoms with Crippen LogP contribution in [-0.4, -0.2) is 44.9 Å². The molecule has 1 aromatic carbocycles. The molecule has 2 unspecified atom stereocenters. The van der Waals surface area contributed by atoms with Gasteiger partial charge >= 0.3 is 0 Å². The van der Waals surface area contributed by atoms with Gasteiger partial charge in [0.2, 0.25) is 5.91 Å². The van der Waals surface area contributed by atoms with Gasteiger partial charge in [0.1, 0.15) is 11.5 Å². The van der Waals surface area contributed by atoms with Crippen LogP contribution in [0.3, 0.4) is 0 Å². The quantitative estimate of drug-likeness (QED) is 0.691. The molecule has 22 heavy (non-hydrogen) atoms. The molecule has 1 heterocycles. The number of hydrogen-bond acceptors (Lipinski definition) is 5. The van der Waals surface area contributed by atoms with Gasteiger partial charge in [-0.3, -0.25) is 4.79 Å². The maximum Gasteiger partial charge on any atom is 0.223 e. The average molecular weight is 308 g/mol. The zero-order valence-corrected chi connectivity index (χ0v) is 13.3. The zero-order valence-electron chi connectivity index (χ0n) is 13.3. The average Bonchev–Trinajstić information content (AvgIpc) is 2.49. The van der Waals surface area contributed by atoms with Crippen LogP contribution >= 0.6 is 0 Å². The van der Waals surface area contributed by atoms with Crippen LogP contribution in [0.15, 0.2) is 18.2 Å². The number of carbonyl (C=O) groups is 1. The number of benzene rings is 1. The Kier molecular flexibility index (Phi) is 5.63. The summed E-state index contributed by atoms with van der Waals surface area (Å²) in [7, 11) is 3.11. The highest BCUT2D eigenvalue weighted by Gasteiger charge is 2.28. The fourth-order valence-corrected chi connectivity index (χ4v) is 2.38. The van der Waals surface area contributed by atoms with Crippen LogP contribution in [0.25, 0.3) is 0 Å². The second-order valence-electron chi connectivity index (χ2n) is 5.61. The molecule has 0 spiro atoms. The molecule has 122 valence electrons. The van der Waals surface area contributed by atoms with Gasteiger partial charge in [0.15, 0.2) is 0 Å². The van der Waals surface area contributed by atoms with Gasteiger partial charge in [0, 0.05) is 18.5 Å². The Labute approximate surface area is 130 Å². The number of aliphatic hydroxyl groups is 1. The van der Waals surface area contributed by atoms with Crippen LogP contribution in [0, 0.1) is 11.8 Å². The Morgan fingerprint density at radius 1 is 1.32 bits per heavy atom. The first-order chi connectivity index (χ1) is 10.5. The number of nitrogens with one attached hydrogen (secondary N) is 2. The fraction of sp³-hybridized carbons (Fsp3) is 0.562. The van der Waals surface area contributed by atoms with E-state index < -0.39 is 6.10 Å². The van der Waals surface area contributed by atoms with E-state index in [9.17, 15) is 9.90 Å². The lowest BCUT2D eigenvalue weighted by Gasteiger charge is -2.31. The highest BCUT2D eigenvalue weighted by Crippen LogP contribution is 2.26. The molecule has 1 saturated heterocycles. The van der Waals surface area contributed by atoms with Crippen molar-refractivity contribution in [3.05, 3.63) is 23.8 Å². The van der Waals surface area contributed by atoms with Crippen molar-refractivity contribution in [2.45, 2.75) is 13.0 Å². The third-order valence-corrected chi connectivity index (χ3v) is 4.16. The summed E-state index contributed by atoms with van der Waals surface area (Å²) in [5, 5.41) is 16.2. The van der Waals surface area contributed by atoms with E-state index in [0.29, 0.717) is 23.0 Å². The van der Waals surface area contributed by atoms with Crippen LogP contribution in [0.4, 0.5) is 0 Å². The smallest absolute Gasteiger partial charge is 0.223 e. The number of amides is 1. The first kappa shape index (κ1) is 16.6. The second kappa shape index (κ2) is 7.47. The molecule has 0 radical (unpaired) electrons. The molecule has 6 nitrogen and oxygen atoms in total. The molecule has 1 fully saturated rings. The Morgan fingerprint density at radius 2 is 1.91 bits per heavy atom. The molecule has 0 aliphatic carbocycles. The topological polar surface area (TPSA) is 79.8 Å². The lowest BCUT2D eigenvalue weighted by molar-refractivity contribution is -0.127. The summed E-state index contributed by atoms with van der Waals surface area (Å²) in [4.78, 5) is 12.1. The largest absolute Gasteiger partial charge is 0.497 e. The molecule has 1 aromatic rings. The minimum Gasteiger partial charge on any atom is -0.497 e. The summed E-state index contributed by atoms with van der Waals surface area (Å²) in [6.07, 6.45) is -0.806. The molecule has 2 rings (SSSR count). The van der Waals surface area contributed by atoms with E-state index in [0.717, 1.165) is 13.1 Å². The molecule has 6 heteroatoms. The van der Waals surface area contributed by atoms with Crippen LogP contribution in [0.5, 0.6) is 11.5 Å². The summed E-state index contributed by atoms with van der Waals surface area (Å²) in [6.45, 7) is 3.84. The molecule has 1 aliphatic heterocycles. The normalized spacial score (nSPS) is 17.3. The standard InChI is InChI=1S/C16H24N2O4/c1-10(12-7-17-8-12)16(20)18-9-15(19)11-4-13(21-2)6-14(5-11)22-3/h4-6,10,12,15,17,19H,7-9H2,1-3H3,(H,18,20). The van der Waals surface area contributed by atoms with E-state index in [1.165, 1.54) is 0 Å². The van der Waals surface area contributed by atoms with E-state index in [1.807, 2.05) is 6.92 Å². The van der Waals surface area contributed by atoms with E-state index in [1.54, 1.807) is 32.4 Å². The lowest BCUT2D eigenvalue weighted by Crippen LogP contribution is -2.50. The number of methoxy groups -OCH3 is 2. The fourth-order valence-electron chi connectivity index (χ4n) is 2.38. The van der Waals surface area contributed by atoms with Crippen LogP contribution in [0.1, 0.15) is 18.6 Å². The van der Waals surface area contributed by atoms with Crippen LogP contribution < -0.4 is 20.1 Å². The van der Waals surface area contributed by atoms with Crippen LogP contribution in [-0.2, 0) is 4.79 Å². The van der Waals surface area contributed by atoms with Gasteiger partial charge in [0.05, 0.1) is 20.3 Å². The van der Waals surface area contributed by atoms with Crippen molar-refractivity contribution in [1.29, 1.82) is 0 Å². The summed E-state index contributed by atoms with van der Waals surface area (Å²) in [6, 6.07) is 5.21. The van der Waals surface area contributed by atoms with Crippen molar-refractivity contribution in [2.24, 2.45) is 11.8 Å². The number of carbonyl (C=O) groups excluding carboxylic acids is 1. The van der Waals surface area contributed by atoms with Crippen molar-refractivity contribution in [3.63, 3.8) is 0 Å². The van der Waals surface area contributed by atoms with Crippen molar-refractivity contribution in [3.8, 4) is 11.5 Å². The third kappa shape index (κ3) is 3.90. The molecule has 1 amide bonds. The molecule has 0 saturated carbocycles. The maximum atomic E-state index is 12.1. The van der Waals surface area contributed by atoms with Crippen LogP contribution in [0.2, 0.25) is 0 Å². The minimum absolute atomic E-state index is 0.0274. The predicted molar refractivity (Wildman–Crippen MR) is 83.0 cm³/mol. The SMILES string of the molecule is COc1cc(OC)cc(C(O)CNC(=O)C(C)C2CNC2)c1. The Bertz CT molecular complexity index is 495. The van der Waals surface area contributed by atoms with E-state index >= 15 is 0 Å². The van der Waals surface area contributed by atoms with Gasteiger partial charge in [-0.1, -0.05) is 6.92 Å². The van der Waals surface area contributed by atoms with Crippen molar-refractivity contribution in [1.82, 2.24) is 10.6 Å². The molecule has 3 N–H and O–H groups in total. The summed E-state index contributed by atoms with van der Waals surface area (Å²) >= 11 is 0. The van der Waals surface area contributed by atoms with Gasteiger partial charge in [-0.25, -0.2) is 0 Å². The molecule has 1 aliphatic rings. The summed E-state index contributed by atoms with van der Waals surface area (Å²) in [5.41, 5.74) is 0.648. The number of hydrogen-bond donors (Lipinski definition) is 3. The molecular formula is C16H24N2O4. The van der Waals surface area contributed by atoms with Gasteiger partial charge in [-0.05, 0) is 36.7 Å². The zero-order chi connectivity index (χ0) is 16.1. The first-order valence-electron chi connectivity index (χ1n) is 7.44. The minimum atomic E-state index is -0.806. The number of aliphatic hydroxyl groups excluding tert-OH is 1. The number of ether oxygens (including phenoxy) is 2. The summed E-state index contributed by atoms with van der Waals surface area (Å²) in [5.74, 6) is 1.52. The number of rotatable bonds is 7. The molecule has 2 atom stereocenters. The van der Waals surface area contributed by atoms with Crippen molar-refractivity contribution < 1.29 is 19.4 Å². The highest BCUT2D eigenvalue weighted by atomic mass is 16.5. The second-order valence-corrected chi connectivity index (χ2v) is 5.61. The van der Waals surface area contributed by atoms with E-state index in [2.05, 4.69) is 10.6 Å². The molecular weight excluding hydrogens is 284 g/mol. The Hall–Kier alpha value is -1.79. The predicted octanol–water partition coefficient (Wildman–Crippen LogP) is 0.709. The van der Waals surface area contributed by atoms with Gasteiger partial charge in [-0.15, -0.1) is 0 Å². The first-order valence-corrected chi connectivity index (χ1v) is 7.44. The van der Waals surface area contributed by atoms with Crippen molar-refractivity contribution in [2.75, 3.05) is 33.9 Å². The maximum absolute atomic E-state index is 12.1. The third-order valence-electron chi connectivity index (χ3n) is 4.16. The van der Waals surface area contributed by atoms with Gasteiger partial charge < -0.3 is 25.2 Å². The summed E-state index contributed by atoms with van der Waals surface area (Å²) < 4.78 is 10.4. The highest BCUT2D eigenvalue weighted by molar-refractivity contribution is 5.78. The van der Waals surface area contributed by atoms with Gasteiger partial charge in [-0.2, -0.15) is 0 Å². The van der Waals surface area contributed by atoms with Crippen molar-refractivity contribution >= 4 is 5.91 Å². The molecule has 0 bridgehead atoms.